The maximum atomic E-state index is 12.1. The number of hydrogen-bond donors (Lipinski definition) is 1. The number of aryl methyl sites for hydroxylation is 1. The molecule has 25 heavy (non-hydrogen) atoms. The topological polar surface area (TPSA) is 41.6 Å². The van der Waals surface area contributed by atoms with Gasteiger partial charge in [0.05, 0.1) is 13.7 Å². The first-order chi connectivity index (χ1) is 12.1. The Morgan fingerprint density at radius 3 is 2.68 bits per heavy atom. The van der Waals surface area contributed by atoms with Crippen LogP contribution in [0.4, 0.5) is 0 Å². The van der Waals surface area contributed by atoms with Crippen molar-refractivity contribution in [3.63, 3.8) is 0 Å². The number of carbonyl (C=O) groups is 1. The molecule has 0 unspecified atom stereocenters. The maximum Gasteiger partial charge on any atom is 0.234 e. The van der Waals surface area contributed by atoms with E-state index < -0.39 is 0 Å². The fraction of sp³-hybridized carbons (Fsp3) is 0.350. The Bertz CT molecular complexity index is 677. The monoisotopic (exact) mass is 360 g/mol. The van der Waals surface area contributed by atoms with E-state index in [0.717, 1.165) is 24.2 Å². The van der Waals surface area contributed by atoms with Gasteiger partial charge in [-0.1, -0.05) is 41.9 Å². The van der Waals surface area contributed by atoms with Crippen molar-refractivity contribution in [1.29, 1.82) is 0 Å². The van der Waals surface area contributed by atoms with Crippen LogP contribution in [0.15, 0.2) is 48.5 Å². The summed E-state index contributed by atoms with van der Waals surface area (Å²) in [4.78, 5) is 14.0. The van der Waals surface area contributed by atoms with Gasteiger partial charge < -0.3 is 10.1 Å². The van der Waals surface area contributed by atoms with Crippen LogP contribution in [0.3, 0.4) is 0 Å². The summed E-state index contributed by atoms with van der Waals surface area (Å²) >= 11 is 6.04. The van der Waals surface area contributed by atoms with Crippen molar-refractivity contribution in [1.82, 2.24) is 10.2 Å². The molecule has 1 N–H and O–H groups in total. The van der Waals surface area contributed by atoms with Crippen LogP contribution in [0.5, 0.6) is 5.75 Å². The Hall–Kier alpha value is -2.04. The van der Waals surface area contributed by atoms with E-state index in [4.69, 9.17) is 16.3 Å². The van der Waals surface area contributed by atoms with E-state index in [9.17, 15) is 4.79 Å². The Labute approximate surface area is 154 Å². The van der Waals surface area contributed by atoms with E-state index in [1.54, 1.807) is 13.2 Å². The van der Waals surface area contributed by atoms with Crippen LogP contribution in [0.2, 0.25) is 5.02 Å². The summed E-state index contributed by atoms with van der Waals surface area (Å²) in [6.45, 7) is 1.62. The first kappa shape index (κ1) is 19.3. The van der Waals surface area contributed by atoms with Gasteiger partial charge in [0, 0.05) is 23.7 Å². The van der Waals surface area contributed by atoms with Crippen LogP contribution >= 0.6 is 11.6 Å². The van der Waals surface area contributed by atoms with E-state index in [2.05, 4.69) is 17.4 Å². The average molecular weight is 361 g/mol. The minimum absolute atomic E-state index is 0.0246. The molecule has 0 bridgehead atoms. The van der Waals surface area contributed by atoms with Gasteiger partial charge in [-0.2, -0.15) is 0 Å². The van der Waals surface area contributed by atoms with Gasteiger partial charge in [-0.05, 0) is 43.7 Å². The Morgan fingerprint density at radius 1 is 1.20 bits per heavy atom. The van der Waals surface area contributed by atoms with E-state index in [1.165, 1.54) is 5.56 Å². The predicted molar refractivity (Wildman–Crippen MR) is 102 cm³/mol. The van der Waals surface area contributed by atoms with Crippen molar-refractivity contribution in [3.05, 3.63) is 64.7 Å². The number of likely N-dealkylation sites (N-methyl/N-ethyl adjacent to an activating group) is 1. The van der Waals surface area contributed by atoms with E-state index >= 15 is 0 Å². The van der Waals surface area contributed by atoms with Crippen molar-refractivity contribution < 1.29 is 9.53 Å². The molecule has 5 heteroatoms. The van der Waals surface area contributed by atoms with Gasteiger partial charge in [0.15, 0.2) is 0 Å². The van der Waals surface area contributed by atoms with Gasteiger partial charge in [-0.25, -0.2) is 0 Å². The highest BCUT2D eigenvalue weighted by molar-refractivity contribution is 6.30. The quantitative estimate of drug-likeness (QED) is 0.695. The molecule has 0 saturated heterocycles. The highest BCUT2D eigenvalue weighted by atomic mass is 35.5. The Morgan fingerprint density at radius 2 is 1.96 bits per heavy atom. The fourth-order valence-corrected chi connectivity index (χ4v) is 2.88. The minimum Gasteiger partial charge on any atom is -0.496 e. The minimum atomic E-state index is 0.0246. The molecule has 0 heterocycles. The molecule has 0 atom stereocenters. The zero-order valence-corrected chi connectivity index (χ0v) is 15.6. The largest absolute Gasteiger partial charge is 0.496 e. The van der Waals surface area contributed by atoms with Crippen LogP contribution in [0.1, 0.15) is 17.5 Å². The first-order valence-electron chi connectivity index (χ1n) is 8.40. The lowest BCUT2D eigenvalue weighted by Gasteiger charge is -2.18. The molecule has 2 aromatic rings. The van der Waals surface area contributed by atoms with Crippen LogP contribution < -0.4 is 10.1 Å². The lowest BCUT2D eigenvalue weighted by Crippen LogP contribution is -2.35. The molecular formula is C20H25ClN2O2. The molecule has 2 rings (SSSR count). The molecule has 0 aliphatic rings. The molecule has 134 valence electrons. The summed E-state index contributed by atoms with van der Waals surface area (Å²) in [5.74, 6) is 0.802. The number of hydrogen-bond acceptors (Lipinski definition) is 3. The number of benzene rings is 2. The Kier molecular flexibility index (Phi) is 7.76. The number of amides is 1. The second-order valence-corrected chi connectivity index (χ2v) is 6.50. The van der Waals surface area contributed by atoms with Gasteiger partial charge in [0.25, 0.3) is 0 Å². The van der Waals surface area contributed by atoms with Crippen LogP contribution in [0.25, 0.3) is 0 Å². The predicted octanol–water partition coefficient (Wildman–Crippen LogP) is 3.53. The number of halogens is 1. The van der Waals surface area contributed by atoms with Gasteiger partial charge in [0.2, 0.25) is 5.91 Å². The summed E-state index contributed by atoms with van der Waals surface area (Å²) in [7, 11) is 3.54. The van der Waals surface area contributed by atoms with Crippen LogP contribution in [-0.2, 0) is 17.8 Å². The van der Waals surface area contributed by atoms with Gasteiger partial charge >= 0.3 is 0 Å². The normalized spacial score (nSPS) is 10.7. The average Bonchev–Trinajstić information content (AvgIpc) is 2.60. The number of rotatable bonds is 9. The Balaban J connectivity index is 1.72. The summed E-state index contributed by atoms with van der Waals surface area (Å²) in [5.41, 5.74) is 2.26. The third-order valence-corrected chi connectivity index (χ3v) is 4.14. The third-order valence-electron chi connectivity index (χ3n) is 3.90. The zero-order chi connectivity index (χ0) is 18.1. The van der Waals surface area contributed by atoms with Crippen molar-refractivity contribution in [2.24, 2.45) is 0 Å². The molecule has 2 aromatic carbocycles. The summed E-state index contributed by atoms with van der Waals surface area (Å²) in [6.07, 6.45) is 1.90. The lowest BCUT2D eigenvalue weighted by molar-refractivity contribution is -0.122. The van der Waals surface area contributed by atoms with Gasteiger partial charge in [-0.3, -0.25) is 9.69 Å². The highest BCUT2D eigenvalue weighted by Gasteiger charge is 2.10. The van der Waals surface area contributed by atoms with Crippen molar-refractivity contribution in [2.75, 3.05) is 27.2 Å². The smallest absolute Gasteiger partial charge is 0.234 e. The molecule has 0 aromatic heterocycles. The second kappa shape index (κ2) is 10.1. The molecular weight excluding hydrogens is 336 g/mol. The number of carbonyl (C=O) groups excluding carboxylic acids is 1. The fourth-order valence-electron chi connectivity index (χ4n) is 2.68. The summed E-state index contributed by atoms with van der Waals surface area (Å²) < 4.78 is 5.34. The van der Waals surface area contributed by atoms with Gasteiger partial charge in [-0.15, -0.1) is 0 Å². The van der Waals surface area contributed by atoms with Crippen LogP contribution in [0, 0.1) is 0 Å². The number of nitrogens with zero attached hydrogens (tertiary/aromatic N) is 1. The van der Waals surface area contributed by atoms with Crippen molar-refractivity contribution in [2.45, 2.75) is 19.4 Å². The number of nitrogens with one attached hydrogen (secondary N) is 1. The first-order valence-corrected chi connectivity index (χ1v) is 8.78. The maximum absolute atomic E-state index is 12.1. The van der Waals surface area contributed by atoms with Crippen molar-refractivity contribution in [3.8, 4) is 5.75 Å². The van der Waals surface area contributed by atoms with Crippen molar-refractivity contribution >= 4 is 17.5 Å². The van der Waals surface area contributed by atoms with E-state index in [1.807, 2.05) is 42.3 Å². The second-order valence-electron chi connectivity index (χ2n) is 6.07. The zero-order valence-electron chi connectivity index (χ0n) is 14.8. The molecule has 1 amide bonds. The molecule has 0 radical (unpaired) electrons. The van der Waals surface area contributed by atoms with E-state index in [-0.39, 0.29) is 5.91 Å². The summed E-state index contributed by atoms with van der Waals surface area (Å²) in [6, 6.07) is 15.8. The number of methoxy groups -OCH3 is 1. The molecule has 0 aliphatic carbocycles. The molecule has 0 fully saturated rings. The standard InChI is InChI=1S/C20H25ClN2O2/c1-23(14-17-13-18(21)10-11-19(17)25-2)15-20(24)22-12-6-9-16-7-4-3-5-8-16/h3-5,7-8,10-11,13H,6,9,12,14-15H2,1-2H3,(H,22,24). The lowest BCUT2D eigenvalue weighted by atomic mass is 10.1. The number of ether oxygens (including phenoxy) is 1. The van der Waals surface area contributed by atoms with Gasteiger partial charge in [0.1, 0.15) is 5.75 Å². The van der Waals surface area contributed by atoms with Crippen LogP contribution in [-0.4, -0.2) is 38.1 Å². The molecule has 0 saturated carbocycles. The molecule has 4 nitrogen and oxygen atoms in total. The third kappa shape index (κ3) is 6.77. The summed E-state index contributed by atoms with van der Waals surface area (Å²) in [5, 5.41) is 3.63. The molecule has 0 aliphatic heterocycles. The van der Waals surface area contributed by atoms with E-state index in [0.29, 0.717) is 24.7 Å². The molecule has 0 spiro atoms. The SMILES string of the molecule is COc1ccc(Cl)cc1CN(C)CC(=O)NCCCc1ccccc1. The highest BCUT2D eigenvalue weighted by Crippen LogP contribution is 2.23.